The molecule has 0 bridgehead atoms. The molecule has 0 saturated carbocycles. The fourth-order valence-electron chi connectivity index (χ4n) is 1.43. The van der Waals surface area contributed by atoms with E-state index in [2.05, 4.69) is 24.1 Å². The first-order valence-corrected chi connectivity index (χ1v) is 5.95. The van der Waals surface area contributed by atoms with Gasteiger partial charge in [-0.2, -0.15) is 0 Å². The van der Waals surface area contributed by atoms with Crippen LogP contribution in [0.5, 0.6) is 5.75 Å². The lowest BCUT2D eigenvalue weighted by atomic mass is 10.1. The standard InChI is InChI=1S/C14H20N2O2/c1-4-8-16-14(17)10-18-13-7-5-6-12(9-13)11(2)15-3/h4-7,9,11,15H,1,8,10H2,2-3H3,(H,16,17). The van der Waals surface area contributed by atoms with Gasteiger partial charge in [0, 0.05) is 12.6 Å². The Labute approximate surface area is 108 Å². The predicted octanol–water partition coefficient (Wildman–Crippen LogP) is 1.65. The molecule has 1 rings (SSSR count). The Morgan fingerprint density at radius 2 is 2.33 bits per heavy atom. The van der Waals surface area contributed by atoms with E-state index in [0.29, 0.717) is 12.3 Å². The van der Waals surface area contributed by atoms with Crippen LogP contribution in [0.1, 0.15) is 18.5 Å². The molecule has 2 N–H and O–H groups in total. The molecule has 0 saturated heterocycles. The number of carbonyl (C=O) groups is 1. The number of hydrogen-bond donors (Lipinski definition) is 2. The summed E-state index contributed by atoms with van der Waals surface area (Å²) in [6.45, 7) is 6.07. The molecule has 0 heterocycles. The third-order valence-electron chi connectivity index (χ3n) is 2.60. The molecule has 0 aromatic heterocycles. The lowest BCUT2D eigenvalue weighted by Crippen LogP contribution is -2.28. The van der Waals surface area contributed by atoms with Gasteiger partial charge >= 0.3 is 0 Å². The van der Waals surface area contributed by atoms with Gasteiger partial charge in [-0.15, -0.1) is 6.58 Å². The van der Waals surface area contributed by atoms with Crippen LogP contribution < -0.4 is 15.4 Å². The molecule has 18 heavy (non-hydrogen) atoms. The topological polar surface area (TPSA) is 50.4 Å². The van der Waals surface area contributed by atoms with E-state index in [-0.39, 0.29) is 18.6 Å². The van der Waals surface area contributed by atoms with Crippen molar-refractivity contribution in [3.05, 3.63) is 42.5 Å². The normalized spacial score (nSPS) is 11.7. The molecule has 0 spiro atoms. The van der Waals surface area contributed by atoms with Gasteiger partial charge in [0.25, 0.3) is 5.91 Å². The van der Waals surface area contributed by atoms with Crippen LogP contribution >= 0.6 is 0 Å². The van der Waals surface area contributed by atoms with E-state index >= 15 is 0 Å². The Morgan fingerprint density at radius 1 is 1.56 bits per heavy atom. The summed E-state index contributed by atoms with van der Waals surface area (Å²) in [4.78, 5) is 11.4. The Hall–Kier alpha value is -1.81. The number of nitrogens with one attached hydrogen (secondary N) is 2. The van der Waals surface area contributed by atoms with Gasteiger partial charge in [0.15, 0.2) is 6.61 Å². The second-order valence-corrected chi connectivity index (χ2v) is 3.96. The lowest BCUT2D eigenvalue weighted by Gasteiger charge is -2.12. The van der Waals surface area contributed by atoms with Crippen LogP contribution in [0.15, 0.2) is 36.9 Å². The van der Waals surface area contributed by atoms with E-state index in [1.807, 2.05) is 31.3 Å². The molecule has 98 valence electrons. The van der Waals surface area contributed by atoms with Crippen molar-refractivity contribution >= 4 is 5.91 Å². The van der Waals surface area contributed by atoms with E-state index in [1.54, 1.807) is 6.08 Å². The summed E-state index contributed by atoms with van der Waals surface area (Å²) in [5.41, 5.74) is 1.13. The number of ether oxygens (including phenoxy) is 1. The maximum Gasteiger partial charge on any atom is 0.258 e. The second kappa shape index (κ2) is 7.50. The fraction of sp³-hybridized carbons (Fsp3) is 0.357. The summed E-state index contributed by atoms with van der Waals surface area (Å²) in [7, 11) is 1.90. The SMILES string of the molecule is C=CCNC(=O)COc1cccc(C(C)NC)c1. The number of hydrogen-bond acceptors (Lipinski definition) is 3. The number of carbonyl (C=O) groups excluding carboxylic acids is 1. The van der Waals surface area contributed by atoms with E-state index < -0.39 is 0 Å². The van der Waals surface area contributed by atoms with Crippen LogP contribution in [0.3, 0.4) is 0 Å². The van der Waals surface area contributed by atoms with E-state index in [1.165, 1.54) is 0 Å². The number of rotatable bonds is 7. The summed E-state index contributed by atoms with van der Waals surface area (Å²) < 4.78 is 5.43. The van der Waals surface area contributed by atoms with E-state index in [4.69, 9.17) is 4.74 Å². The molecule has 1 aromatic carbocycles. The molecule has 0 fully saturated rings. The number of benzene rings is 1. The van der Waals surface area contributed by atoms with Crippen molar-refractivity contribution in [1.29, 1.82) is 0 Å². The average molecular weight is 248 g/mol. The van der Waals surface area contributed by atoms with Gasteiger partial charge in [-0.1, -0.05) is 18.2 Å². The maximum absolute atomic E-state index is 11.4. The van der Waals surface area contributed by atoms with Gasteiger partial charge < -0.3 is 15.4 Å². The van der Waals surface area contributed by atoms with Crippen LogP contribution in [0.2, 0.25) is 0 Å². The Bertz CT molecular complexity index is 405. The minimum atomic E-state index is -0.151. The summed E-state index contributed by atoms with van der Waals surface area (Å²) >= 11 is 0. The van der Waals surface area contributed by atoms with Gasteiger partial charge in [-0.05, 0) is 31.7 Å². The molecular formula is C14H20N2O2. The molecule has 4 heteroatoms. The van der Waals surface area contributed by atoms with Crippen LogP contribution in [0.25, 0.3) is 0 Å². The van der Waals surface area contributed by atoms with Crippen molar-refractivity contribution in [2.45, 2.75) is 13.0 Å². The molecule has 0 aliphatic carbocycles. The maximum atomic E-state index is 11.4. The first kappa shape index (κ1) is 14.3. The van der Waals surface area contributed by atoms with Gasteiger partial charge in [0.05, 0.1) is 0 Å². The average Bonchev–Trinajstić information content (AvgIpc) is 2.42. The summed E-state index contributed by atoms with van der Waals surface area (Å²) in [5, 5.41) is 5.81. The highest BCUT2D eigenvalue weighted by Gasteiger charge is 2.05. The minimum Gasteiger partial charge on any atom is -0.484 e. The molecule has 1 atom stereocenters. The molecule has 0 radical (unpaired) electrons. The second-order valence-electron chi connectivity index (χ2n) is 3.96. The van der Waals surface area contributed by atoms with E-state index in [0.717, 1.165) is 5.56 Å². The summed E-state index contributed by atoms with van der Waals surface area (Å²) in [6.07, 6.45) is 1.63. The third kappa shape index (κ3) is 4.59. The highest BCUT2D eigenvalue weighted by molar-refractivity contribution is 5.77. The molecule has 1 unspecified atom stereocenters. The summed E-state index contributed by atoms with van der Waals surface area (Å²) in [6, 6.07) is 7.96. The van der Waals surface area contributed by atoms with Crippen LogP contribution in [0, 0.1) is 0 Å². The zero-order valence-electron chi connectivity index (χ0n) is 10.9. The number of amides is 1. The first-order chi connectivity index (χ1) is 8.67. The van der Waals surface area contributed by atoms with Crippen molar-refractivity contribution in [3.63, 3.8) is 0 Å². The zero-order valence-corrected chi connectivity index (χ0v) is 10.9. The van der Waals surface area contributed by atoms with Crippen molar-refractivity contribution in [1.82, 2.24) is 10.6 Å². The third-order valence-corrected chi connectivity index (χ3v) is 2.60. The van der Waals surface area contributed by atoms with Crippen molar-refractivity contribution < 1.29 is 9.53 Å². The molecule has 1 aromatic rings. The molecule has 0 aliphatic heterocycles. The predicted molar refractivity (Wildman–Crippen MR) is 72.6 cm³/mol. The van der Waals surface area contributed by atoms with Crippen LogP contribution in [0.4, 0.5) is 0 Å². The van der Waals surface area contributed by atoms with Gasteiger partial charge in [-0.25, -0.2) is 0 Å². The molecule has 1 amide bonds. The minimum absolute atomic E-state index is 0.0191. The van der Waals surface area contributed by atoms with Crippen molar-refractivity contribution in [2.24, 2.45) is 0 Å². The van der Waals surface area contributed by atoms with Crippen LogP contribution in [-0.4, -0.2) is 26.1 Å². The molecular weight excluding hydrogens is 228 g/mol. The van der Waals surface area contributed by atoms with E-state index in [9.17, 15) is 4.79 Å². The van der Waals surface area contributed by atoms with Crippen molar-refractivity contribution in [3.8, 4) is 5.75 Å². The summed E-state index contributed by atoms with van der Waals surface area (Å²) in [5.74, 6) is 0.547. The quantitative estimate of drug-likeness (QED) is 0.721. The first-order valence-electron chi connectivity index (χ1n) is 5.95. The van der Waals surface area contributed by atoms with Gasteiger partial charge in [0.2, 0.25) is 0 Å². The molecule has 0 aliphatic rings. The van der Waals surface area contributed by atoms with Gasteiger partial charge in [-0.3, -0.25) is 4.79 Å². The fourth-order valence-corrected chi connectivity index (χ4v) is 1.43. The smallest absolute Gasteiger partial charge is 0.258 e. The largest absolute Gasteiger partial charge is 0.484 e. The Kier molecular flexibility index (Phi) is 5.94. The highest BCUT2D eigenvalue weighted by Crippen LogP contribution is 2.18. The van der Waals surface area contributed by atoms with Crippen molar-refractivity contribution in [2.75, 3.05) is 20.2 Å². The Morgan fingerprint density at radius 3 is 3.00 bits per heavy atom. The monoisotopic (exact) mass is 248 g/mol. The molecule has 4 nitrogen and oxygen atoms in total. The van der Waals surface area contributed by atoms with Gasteiger partial charge in [0.1, 0.15) is 5.75 Å². The Balaban J connectivity index is 2.52. The highest BCUT2D eigenvalue weighted by atomic mass is 16.5. The van der Waals surface area contributed by atoms with Crippen LogP contribution in [-0.2, 0) is 4.79 Å². The lowest BCUT2D eigenvalue weighted by molar-refractivity contribution is -0.122. The zero-order chi connectivity index (χ0) is 13.4.